The maximum atomic E-state index is 12.5. The van der Waals surface area contributed by atoms with Crippen LogP contribution in [0.3, 0.4) is 0 Å². The van der Waals surface area contributed by atoms with Crippen LogP contribution in [0, 0.1) is 4.77 Å². The lowest BCUT2D eigenvalue weighted by Gasteiger charge is -2.23. The van der Waals surface area contributed by atoms with E-state index in [1.165, 1.54) is 19.3 Å². The Bertz CT molecular complexity index is 682. The molecule has 0 unspecified atom stereocenters. The number of aromatic nitrogens is 3. The van der Waals surface area contributed by atoms with Crippen LogP contribution >= 0.6 is 12.2 Å². The fourth-order valence-corrected chi connectivity index (χ4v) is 3.07. The zero-order valence-corrected chi connectivity index (χ0v) is 10.9. The van der Waals surface area contributed by atoms with Crippen molar-refractivity contribution in [1.82, 2.24) is 14.5 Å². The number of H-pyrrole nitrogens is 1. The van der Waals surface area contributed by atoms with Crippen LogP contribution < -0.4 is 5.56 Å². The van der Waals surface area contributed by atoms with E-state index < -0.39 is 0 Å². The SMILES string of the molecule is O=c1c2ncccc2[nH]c(=S)n1C1CCCCC1. The molecule has 1 aliphatic rings. The van der Waals surface area contributed by atoms with E-state index >= 15 is 0 Å². The normalized spacial score (nSPS) is 17.1. The van der Waals surface area contributed by atoms with Gasteiger partial charge in [0, 0.05) is 12.2 Å². The molecule has 2 aromatic rings. The third kappa shape index (κ3) is 1.88. The summed E-state index contributed by atoms with van der Waals surface area (Å²) in [6.07, 6.45) is 7.32. The van der Waals surface area contributed by atoms with E-state index in [2.05, 4.69) is 9.97 Å². The van der Waals surface area contributed by atoms with Crippen LogP contribution in [-0.4, -0.2) is 14.5 Å². The van der Waals surface area contributed by atoms with Crippen LogP contribution in [0.1, 0.15) is 38.1 Å². The van der Waals surface area contributed by atoms with Gasteiger partial charge in [0.25, 0.3) is 5.56 Å². The number of pyridine rings is 1. The fourth-order valence-electron chi connectivity index (χ4n) is 2.73. The minimum Gasteiger partial charge on any atom is -0.330 e. The second-order valence-electron chi connectivity index (χ2n) is 4.80. The summed E-state index contributed by atoms with van der Waals surface area (Å²) in [5, 5.41) is 0. The Morgan fingerprint density at radius 2 is 2.11 bits per heavy atom. The monoisotopic (exact) mass is 261 g/mol. The molecule has 1 N–H and O–H groups in total. The van der Waals surface area contributed by atoms with E-state index in [-0.39, 0.29) is 11.6 Å². The Balaban J connectivity index is 2.22. The molecule has 0 atom stereocenters. The molecule has 2 aromatic heterocycles. The Morgan fingerprint density at radius 3 is 2.89 bits per heavy atom. The van der Waals surface area contributed by atoms with Crippen LogP contribution in [0.5, 0.6) is 0 Å². The van der Waals surface area contributed by atoms with Gasteiger partial charge in [0.1, 0.15) is 0 Å². The Morgan fingerprint density at radius 1 is 1.33 bits per heavy atom. The average Bonchev–Trinajstić information content (AvgIpc) is 2.40. The first-order valence-corrected chi connectivity index (χ1v) is 6.78. The maximum absolute atomic E-state index is 12.5. The van der Waals surface area contributed by atoms with Gasteiger partial charge in [-0.05, 0) is 37.2 Å². The summed E-state index contributed by atoms with van der Waals surface area (Å²) in [6, 6.07) is 3.88. The smallest absolute Gasteiger partial charge is 0.281 e. The molecule has 0 aliphatic heterocycles. The highest BCUT2D eigenvalue weighted by Crippen LogP contribution is 2.27. The van der Waals surface area contributed by atoms with Gasteiger partial charge < -0.3 is 4.98 Å². The van der Waals surface area contributed by atoms with E-state index in [4.69, 9.17) is 12.2 Å². The molecule has 1 aliphatic carbocycles. The van der Waals surface area contributed by atoms with E-state index in [0.29, 0.717) is 10.3 Å². The molecule has 3 rings (SSSR count). The van der Waals surface area contributed by atoms with Crippen molar-refractivity contribution in [2.75, 3.05) is 0 Å². The second kappa shape index (κ2) is 4.65. The second-order valence-corrected chi connectivity index (χ2v) is 5.18. The predicted octanol–water partition coefficient (Wildman–Crippen LogP) is 2.96. The van der Waals surface area contributed by atoms with Crippen molar-refractivity contribution in [2.45, 2.75) is 38.1 Å². The number of nitrogens with zero attached hydrogens (tertiary/aromatic N) is 2. The molecule has 0 radical (unpaired) electrons. The number of nitrogens with one attached hydrogen (secondary N) is 1. The van der Waals surface area contributed by atoms with Gasteiger partial charge in [0.2, 0.25) is 0 Å². The summed E-state index contributed by atoms with van der Waals surface area (Å²) >= 11 is 5.33. The van der Waals surface area contributed by atoms with Crippen molar-refractivity contribution in [3.05, 3.63) is 33.5 Å². The lowest BCUT2D eigenvalue weighted by Crippen LogP contribution is -2.28. The van der Waals surface area contributed by atoms with Crippen molar-refractivity contribution in [1.29, 1.82) is 0 Å². The zero-order valence-electron chi connectivity index (χ0n) is 10.1. The molecule has 1 saturated carbocycles. The van der Waals surface area contributed by atoms with Gasteiger partial charge in [0.05, 0.1) is 5.52 Å². The molecule has 0 spiro atoms. The van der Waals surface area contributed by atoms with E-state index in [9.17, 15) is 4.79 Å². The number of rotatable bonds is 1. The van der Waals surface area contributed by atoms with Crippen molar-refractivity contribution in [3.8, 4) is 0 Å². The summed E-state index contributed by atoms with van der Waals surface area (Å²) in [5.74, 6) is 0. The Labute approximate surface area is 110 Å². The van der Waals surface area contributed by atoms with Crippen molar-refractivity contribution in [2.24, 2.45) is 0 Å². The number of hydrogen-bond acceptors (Lipinski definition) is 3. The molecule has 0 amide bonds. The van der Waals surface area contributed by atoms with E-state index in [1.807, 2.05) is 6.07 Å². The van der Waals surface area contributed by atoms with Gasteiger partial charge in [-0.2, -0.15) is 0 Å². The van der Waals surface area contributed by atoms with Crippen LogP contribution in [0.25, 0.3) is 11.0 Å². The highest BCUT2D eigenvalue weighted by molar-refractivity contribution is 7.71. The fraction of sp³-hybridized carbons (Fsp3) is 0.462. The molecule has 94 valence electrons. The standard InChI is InChI=1S/C13H15N3OS/c17-12-11-10(7-4-8-14-11)15-13(18)16(12)9-5-2-1-3-6-9/h4,7-9H,1-3,5-6H2,(H,15,18). The minimum atomic E-state index is -0.0544. The lowest BCUT2D eigenvalue weighted by molar-refractivity contribution is 0.342. The van der Waals surface area contributed by atoms with Crippen molar-refractivity contribution < 1.29 is 0 Å². The predicted molar refractivity (Wildman–Crippen MR) is 73.3 cm³/mol. The number of fused-ring (bicyclic) bond motifs is 1. The summed E-state index contributed by atoms with van der Waals surface area (Å²) in [4.78, 5) is 19.7. The molecule has 18 heavy (non-hydrogen) atoms. The van der Waals surface area contributed by atoms with Gasteiger partial charge in [-0.25, -0.2) is 4.98 Å². The maximum Gasteiger partial charge on any atom is 0.281 e. The highest BCUT2D eigenvalue weighted by atomic mass is 32.1. The molecule has 2 heterocycles. The third-order valence-electron chi connectivity index (χ3n) is 3.63. The van der Waals surface area contributed by atoms with E-state index in [0.717, 1.165) is 18.4 Å². The summed E-state index contributed by atoms with van der Waals surface area (Å²) < 4.78 is 2.25. The van der Waals surface area contributed by atoms with Crippen LogP contribution in [0.2, 0.25) is 0 Å². The number of aromatic amines is 1. The topological polar surface area (TPSA) is 50.7 Å². The molecule has 4 nitrogen and oxygen atoms in total. The van der Waals surface area contributed by atoms with Crippen molar-refractivity contribution in [3.63, 3.8) is 0 Å². The highest BCUT2D eigenvalue weighted by Gasteiger charge is 2.18. The molecule has 0 saturated heterocycles. The molecule has 1 fully saturated rings. The van der Waals surface area contributed by atoms with Crippen LogP contribution in [0.4, 0.5) is 0 Å². The molecular weight excluding hydrogens is 246 g/mol. The van der Waals surface area contributed by atoms with Crippen LogP contribution in [0.15, 0.2) is 23.1 Å². The quantitative estimate of drug-likeness (QED) is 0.803. The molecule has 5 heteroatoms. The molecule has 0 bridgehead atoms. The minimum absolute atomic E-state index is 0.0544. The first kappa shape index (κ1) is 11.6. The summed E-state index contributed by atoms with van der Waals surface area (Å²) in [5.41, 5.74) is 1.15. The molecule has 0 aromatic carbocycles. The Hall–Kier alpha value is -1.49. The van der Waals surface area contributed by atoms with Crippen molar-refractivity contribution >= 4 is 23.3 Å². The average molecular weight is 261 g/mol. The van der Waals surface area contributed by atoms with Crippen LogP contribution in [-0.2, 0) is 0 Å². The van der Waals surface area contributed by atoms with Gasteiger partial charge in [-0.1, -0.05) is 19.3 Å². The van der Waals surface area contributed by atoms with Gasteiger partial charge >= 0.3 is 0 Å². The van der Waals surface area contributed by atoms with Gasteiger partial charge in [-0.15, -0.1) is 0 Å². The lowest BCUT2D eigenvalue weighted by atomic mass is 9.95. The third-order valence-corrected chi connectivity index (χ3v) is 3.93. The van der Waals surface area contributed by atoms with E-state index in [1.54, 1.807) is 16.8 Å². The summed E-state index contributed by atoms with van der Waals surface area (Å²) in [6.45, 7) is 0. The van der Waals surface area contributed by atoms with Gasteiger partial charge in [0.15, 0.2) is 10.3 Å². The first-order chi connectivity index (χ1) is 8.77. The zero-order chi connectivity index (χ0) is 12.5. The Kier molecular flexibility index (Phi) is 2.99. The van der Waals surface area contributed by atoms with Gasteiger partial charge in [-0.3, -0.25) is 9.36 Å². The first-order valence-electron chi connectivity index (χ1n) is 6.37. The largest absolute Gasteiger partial charge is 0.330 e. The summed E-state index contributed by atoms with van der Waals surface area (Å²) in [7, 11) is 0. The number of hydrogen-bond donors (Lipinski definition) is 1. The molecular formula is C13H15N3OS.